The van der Waals surface area contributed by atoms with Crippen molar-refractivity contribution in [3.8, 4) is 11.8 Å². The summed E-state index contributed by atoms with van der Waals surface area (Å²) in [7, 11) is 2.08. The quantitative estimate of drug-likeness (QED) is 0.771. The van der Waals surface area contributed by atoms with Gasteiger partial charge in [0.25, 0.3) is 5.91 Å². The molecule has 0 spiro atoms. The van der Waals surface area contributed by atoms with Crippen LogP contribution in [-0.4, -0.2) is 72.4 Å². The molecule has 0 aromatic carbocycles. The number of amides is 1. The van der Waals surface area contributed by atoms with E-state index in [1.165, 1.54) is 0 Å². The number of rotatable bonds is 1. The Morgan fingerprint density at radius 3 is 2.83 bits per heavy atom. The fraction of sp³-hybridized carbons (Fsp3) is 0.611. The third-order valence-electron chi connectivity index (χ3n) is 4.34. The smallest absolute Gasteiger partial charge is 0.289 e. The van der Waals surface area contributed by atoms with Crippen LogP contribution in [-0.2, 0) is 4.74 Å². The Morgan fingerprint density at radius 1 is 1.29 bits per heavy atom. The zero-order valence-corrected chi connectivity index (χ0v) is 14.4. The largest absolute Gasteiger partial charge is 0.443 e. The highest BCUT2D eigenvalue weighted by Gasteiger charge is 2.34. The van der Waals surface area contributed by atoms with Crippen molar-refractivity contribution in [1.29, 1.82) is 0 Å². The molecule has 2 bridgehead atoms. The van der Waals surface area contributed by atoms with E-state index in [9.17, 15) is 9.90 Å². The Morgan fingerprint density at radius 2 is 2.08 bits per heavy atom. The van der Waals surface area contributed by atoms with Crippen molar-refractivity contribution >= 4 is 5.91 Å². The number of ether oxygens (including phenoxy) is 1. The zero-order chi connectivity index (χ0) is 17.3. The topological polar surface area (TPSA) is 66.2 Å². The van der Waals surface area contributed by atoms with E-state index in [2.05, 4.69) is 23.8 Å². The number of carbonyl (C=O) groups is 1. The van der Waals surface area contributed by atoms with Crippen LogP contribution in [0.4, 0.5) is 0 Å². The minimum Gasteiger partial charge on any atom is -0.443 e. The van der Waals surface area contributed by atoms with E-state index in [0.717, 1.165) is 6.54 Å². The predicted molar refractivity (Wildman–Crippen MR) is 88.5 cm³/mol. The van der Waals surface area contributed by atoms with Crippen LogP contribution in [0.1, 0.15) is 30.2 Å². The van der Waals surface area contributed by atoms with E-state index in [-0.39, 0.29) is 11.9 Å². The second kappa shape index (κ2) is 6.60. The number of hydrogen-bond donors (Lipinski definition) is 1. The molecule has 2 fully saturated rings. The van der Waals surface area contributed by atoms with Gasteiger partial charge in [-0.15, -0.1) is 0 Å². The van der Waals surface area contributed by atoms with Crippen LogP contribution in [0.15, 0.2) is 16.5 Å². The van der Waals surface area contributed by atoms with Crippen molar-refractivity contribution in [3.05, 3.63) is 23.7 Å². The molecule has 24 heavy (non-hydrogen) atoms. The van der Waals surface area contributed by atoms with Crippen molar-refractivity contribution in [2.75, 3.05) is 39.9 Å². The number of hydrogen-bond acceptors (Lipinski definition) is 5. The van der Waals surface area contributed by atoms with E-state index < -0.39 is 5.60 Å². The molecule has 6 heteroatoms. The van der Waals surface area contributed by atoms with Crippen LogP contribution < -0.4 is 0 Å². The van der Waals surface area contributed by atoms with Gasteiger partial charge in [-0.3, -0.25) is 9.69 Å². The molecule has 1 amide bonds. The first-order chi connectivity index (χ1) is 11.3. The summed E-state index contributed by atoms with van der Waals surface area (Å²) >= 11 is 0. The summed E-state index contributed by atoms with van der Waals surface area (Å²) in [6, 6.07) is 3.53. The van der Waals surface area contributed by atoms with Crippen LogP contribution in [0.2, 0.25) is 0 Å². The predicted octanol–water partition coefficient (Wildman–Crippen LogP) is 0.805. The first kappa shape index (κ1) is 17.0. The Hall–Kier alpha value is -1.81. The van der Waals surface area contributed by atoms with E-state index >= 15 is 0 Å². The van der Waals surface area contributed by atoms with Gasteiger partial charge in [-0.25, -0.2) is 0 Å². The lowest BCUT2D eigenvalue weighted by atomic mass is 10.1. The van der Waals surface area contributed by atoms with E-state index in [4.69, 9.17) is 9.15 Å². The lowest BCUT2D eigenvalue weighted by molar-refractivity contribution is 0.0414. The first-order valence-electron chi connectivity index (χ1n) is 8.24. The number of aliphatic hydroxyl groups is 1. The molecule has 0 radical (unpaired) electrons. The molecule has 0 unspecified atom stereocenters. The van der Waals surface area contributed by atoms with Crippen molar-refractivity contribution in [3.63, 3.8) is 0 Å². The summed E-state index contributed by atoms with van der Waals surface area (Å²) in [6.07, 6.45) is 0. The zero-order valence-electron chi connectivity index (χ0n) is 14.4. The summed E-state index contributed by atoms with van der Waals surface area (Å²) in [5.74, 6) is 6.32. The lowest BCUT2D eigenvalue weighted by Crippen LogP contribution is -2.44. The van der Waals surface area contributed by atoms with Crippen LogP contribution in [0.3, 0.4) is 0 Å². The summed E-state index contributed by atoms with van der Waals surface area (Å²) in [5, 5.41) is 9.64. The van der Waals surface area contributed by atoms with Gasteiger partial charge < -0.3 is 19.2 Å². The summed E-state index contributed by atoms with van der Waals surface area (Å²) in [5.41, 5.74) is -1.09. The summed E-state index contributed by atoms with van der Waals surface area (Å²) in [6.45, 7) is 6.78. The number of fused-ring (bicyclic) bond motifs is 3. The Labute approximate surface area is 142 Å². The molecule has 3 heterocycles. The molecule has 1 N–H and O–H groups in total. The van der Waals surface area contributed by atoms with Gasteiger partial charge in [0, 0.05) is 25.6 Å². The molecular weight excluding hydrogens is 308 g/mol. The third kappa shape index (κ3) is 3.99. The van der Waals surface area contributed by atoms with Gasteiger partial charge in [-0.1, -0.05) is 5.92 Å². The van der Waals surface area contributed by atoms with E-state index in [1.807, 2.05) is 4.90 Å². The van der Waals surface area contributed by atoms with Crippen molar-refractivity contribution in [2.45, 2.75) is 25.5 Å². The third-order valence-corrected chi connectivity index (χ3v) is 4.34. The van der Waals surface area contributed by atoms with Crippen molar-refractivity contribution < 1.29 is 19.1 Å². The van der Waals surface area contributed by atoms with Crippen LogP contribution in [0.25, 0.3) is 0 Å². The lowest BCUT2D eigenvalue weighted by Gasteiger charge is -2.29. The fourth-order valence-electron chi connectivity index (χ4n) is 3.11. The molecular formula is C18H24N2O4. The van der Waals surface area contributed by atoms with Crippen molar-refractivity contribution in [2.24, 2.45) is 5.92 Å². The summed E-state index contributed by atoms with van der Waals surface area (Å²) < 4.78 is 11.3. The Balaban J connectivity index is 1.74. The molecule has 3 rings (SSSR count). The molecule has 1 aromatic rings. The molecule has 130 valence electrons. The van der Waals surface area contributed by atoms with Gasteiger partial charge in [-0.05, 0) is 38.9 Å². The minimum atomic E-state index is -1.09. The fourth-order valence-corrected chi connectivity index (χ4v) is 3.11. The molecule has 2 saturated heterocycles. The van der Waals surface area contributed by atoms with Crippen LogP contribution >= 0.6 is 0 Å². The van der Waals surface area contributed by atoms with Gasteiger partial charge in [0.05, 0.1) is 19.3 Å². The highest BCUT2D eigenvalue weighted by atomic mass is 16.5. The summed E-state index contributed by atoms with van der Waals surface area (Å²) in [4.78, 5) is 16.9. The average Bonchev–Trinajstić information content (AvgIpc) is 2.81. The monoisotopic (exact) mass is 332 g/mol. The second-order valence-electron chi connectivity index (χ2n) is 7.18. The number of carbonyl (C=O) groups excluding carboxylic acids is 1. The molecule has 2 aliphatic heterocycles. The molecule has 1 aromatic heterocycles. The molecule has 6 nitrogen and oxygen atoms in total. The van der Waals surface area contributed by atoms with Crippen LogP contribution in [0.5, 0.6) is 0 Å². The molecule has 2 aliphatic rings. The normalized spacial score (nSPS) is 24.9. The maximum Gasteiger partial charge on any atom is 0.289 e. The van der Waals surface area contributed by atoms with E-state index in [1.54, 1.807) is 26.0 Å². The first-order valence-corrected chi connectivity index (χ1v) is 8.24. The van der Waals surface area contributed by atoms with E-state index in [0.29, 0.717) is 43.7 Å². The van der Waals surface area contributed by atoms with Crippen molar-refractivity contribution in [1.82, 2.24) is 9.80 Å². The Kier molecular flexibility index (Phi) is 4.68. The maximum atomic E-state index is 12.8. The van der Waals surface area contributed by atoms with Gasteiger partial charge in [0.1, 0.15) is 5.60 Å². The highest BCUT2D eigenvalue weighted by molar-refractivity contribution is 5.91. The SMILES string of the molecule is CN1C[C@H]2COC[C@@H]1CN(C(=O)c1ccc(C#CC(C)(C)O)o1)C2. The van der Waals surface area contributed by atoms with Gasteiger partial charge in [-0.2, -0.15) is 0 Å². The molecule has 0 saturated carbocycles. The van der Waals surface area contributed by atoms with Crippen LogP contribution in [0, 0.1) is 17.8 Å². The molecule has 0 aliphatic carbocycles. The number of furan rings is 1. The standard InChI is InChI=1S/C18H24N2O4/c1-18(2,22)7-6-15-4-5-16(24-15)17(21)20-9-13-8-19(3)14(10-20)12-23-11-13/h4-5,13-14,22H,8-12H2,1-3H3/t13-,14+/m1/s1. The number of likely N-dealkylation sites (N-methyl/N-ethyl adjacent to an activating group) is 1. The van der Waals surface area contributed by atoms with Gasteiger partial charge in [0.2, 0.25) is 0 Å². The highest BCUT2D eigenvalue weighted by Crippen LogP contribution is 2.20. The van der Waals surface area contributed by atoms with Gasteiger partial charge in [0.15, 0.2) is 11.5 Å². The van der Waals surface area contributed by atoms with Gasteiger partial charge >= 0.3 is 0 Å². The second-order valence-corrected chi connectivity index (χ2v) is 7.18. The maximum absolute atomic E-state index is 12.8. The average molecular weight is 332 g/mol. The minimum absolute atomic E-state index is 0.112. The molecule has 2 atom stereocenters. The Bertz CT molecular complexity index is 665. The number of nitrogens with zero attached hydrogens (tertiary/aromatic N) is 2.